The van der Waals surface area contributed by atoms with Crippen LogP contribution in [0.2, 0.25) is 5.02 Å². The van der Waals surface area contributed by atoms with Crippen LogP contribution in [0.15, 0.2) is 0 Å². The lowest BCUT2D eigenvalue weighted by molar-refractivity contribution is 0.0610. The highest BCUT2D eigenvalue weighted by Gasteiger charge is 2.17. The number of nitrogens with one attached hydrogen (secondary N) is 1. The van der Waals surface area contributed by atoms with Crippen LogP contribution < -0.4 is 11.3 Å². The molecule has 18 heavy (non-hydrogen) atoms. The van der Waals surface area contributed by atoms with Crippen molar-refractivity contribution in [3.8, 4) is 0 Å². The van der Waals surface area contributed by atoms with Crippen molar-refractivity contribution in [3.05, 3.63) is 16.4 Å². The third kappa shape index (κ3) is 3.95. The van der Waals surface area contributed by atoms with Gasteiger partial charge in [0.1, 0.15) is 0 Å². The number of ether oxygens (including phenoxy) is 1. The molecule has 0 radical (unpaired) electrons. The monoisotopic (exact) mass is 274 g/mol. The molecule has 1 heterocycles. The lowest BCUT2D eigenvalue weighted by Gasteiger charge is -2.18. The summed E-state index contributed by atoms with van der Waals surface area (Å²) in [4.78, 5) is 0. The van der Waals surface area contributed by atoms with Crippen LogP contribution in [-0.4, -0.2) is 28.5 Å². The van der Waals surface area contributed by atoms with E-state index in [0.717, 1.165) is 22.8 Å². The van der Waals surface area contributed by atoms with Crippen LogP contribution in [0, 0.1) is 0 Å². The molecule has 0 aromatic carbocycles. The number of aryl methyl sites for hydroxylation is 2. The zero-order valence-electron chi connectivity index (χ0n) is 11.5. The minimum atomic E-state index is 0.0324. The molecule has 1 aromatic heterocycles. The van der Waals surface area contributed by atoms with Gasteiger partial charge in [0.05, 0.1) is 35.2 Å². The van der Waals surface area contributed by atoms with E-state index in [9.17, 15) is 0 Å². The summed E-state index contributed by atoms with van der Waals surface area (Å²) in [6, 6.07) is 0.0324. The summed E-state index contributed by atoms with van der Waals surface area (Å²) < 4.78 is 7.39. The molecular formula is C12H23ClN4O. The van der Waals surface area contributed by atoms with Crippen LogP contribution in [0.1, 0.15) is 32.2 Å². The first-order chi connectivity index (χ1) is 8.49. The average molecular weight is 275 g/mol. The maximum atomic E-state index is 6.30. The molecule has 5 nitrogen and oxygen atoms in total. The van der Waals surface area contributed by atoms with Crippen molar-refractivity contribution >= 4 is 11.6 Å². The van der Waals surface area contributed by atoms with Crippen LogP contribution >= 0.6 is 11.6 Å². The SMILES string of the molecule is CCc1nn(C)c(CC(COC(C)C)NN)c1Cl. The summed E-state index contributed by atoms with van der Waals surface area (Å²) in [5.74, 6) is 5.54. The van der Waals surface area contributed by atoms with Crippen molar-refractivity contribution in [1.29, 1.82) is 0 Å². The molecule has 0 saturated carbocycles. The molecule has 0 spiro atoms. The Balaban J connectivity index is 2.72. The zero-order valence-corrected chi connectivity index (χ0v) is 12.3. The van der Waals surface area contributed by atoms with Gasteiger partial charge in [-0.05, 0) is 20.3 Å². The summed E-state index contributed by atoms with van der Waals surface area (Å²) >= 11 is 6.30. The molecule has 3 N–H and O–H groups in total. The molecule has 1 aromatic rings. The molecule has 1 unspecified atom stereocenters. The Bertz CT molecular complexity index is 378. The van der Waals surface area contributed by atoms with Gasteiger partial charge in [0.2, 0.25) is 0 Å². The van der Waals surface area contributed by atoms with Gasteiger partial charge in [-0.25, -0.2) is 0 Å². The largest absolute Gasteiger partial charge is 0.377 e. The van der Waals surface area contributed by atoms with E-state index in [1.165, 1.54) is 0 Å². The number of nitrogens with two attached hydrogens (primary N) is 1. The molecule has 0 fully saturated rings. The quantitative estimate of drug-likeness (QED) is 0.583. The fourth-order valence-electron chi connectivity index (χ4n) is 1.75. The fourth-order valence-corrected chi connectivity index (χ4v) is 2.12. The van der Waals surface area contributed by atoms with Gasteiger partial charge in [-0.2, -0.15) is 5.10 Å². The topological polar surface area (TPSA) is 65.1 Å². The maximum Gasteiger partial charge on any atom is 0.0850 e. The Hall–Kier alpha value is -0.620. The molecule has 1 atom stereocenters. The molecule has 0 amide bonds. The van der Waals surface area contributed by atoms with Gasteiger partial charge < -0.3 is 4.74 Å². The van der Waals surface area contributed by atoms with Crippen LogP contribution in [0.4, 0.5) is 0 Å². The molecule has 0 aliphatic heterocycles. The normalized spacial score (nSPS) is 13.3. The lowest BCUT2D eigenvalue weighted by Crippen LogP contribution is -2.41. The Morgan fingerprint density at radius 1 is 1.50 bits per heavy atom. The molecule has 6 heteroatoms. The summed E-state index contributed by atoms with van der Waals surface area (Å²) in [6.07, 6.45) is 1.72. The van der Waals surface area contributed by atoms with Crippen LogP contribution in [-0.2, 0) is 24.6 Å². The molecule has 0 saturated heterocycles. The standard InChI is InChI=1S/C12H23ClN4O/c1-5-10-12(13)11(17(4)16-10)6-9(15-14)7-18-8(2)3/h8-9,15H,5-7,14H2,1-4H3. The Kier molecular flexibility index (Phi) is 6.08. The predicted molar refractivity (Wildman–Crippen MR) is 73.5 cm³/mol. The second-order valence-electron chi connectivity index (χ2n) is 4.63. The number of halogens is 1. The summed E-state index contributed by atoms with van der Waals surface area (Å²) in [6.45, 7) is 6.59. The van der Waals surface area contributed by atoms with Crippen LogP contribution in [0.3, 0.4) is 0 Å². The molecule has 104 valence electrons. The van der Waals surface area contributed by atoms with E-state index in [1.54, 1.807) is 0 Å². The maximum absolute atomic E-state index is 6.30. The Labute approximate surface area is 114 Å². The first kappa shape index (κ1) is 15.4. The van der Waals surface area contributed by atoms with Crippen molar-refractivity contribution in [3.63, 3.8) is 0 Å². The number of hydrogen-bond acceptors (Lipinski definition) is 4. The van der Waals surface area contributed by atoms with E-state index >= 15 is 0 Å². The second-order valence-corrected chi connectivity index (χ2v) is 5.01. The third-order valence-corrected chi connectivity index (χ3v) is 3.25. The fraction of sp³-hybridized carbons (Fsp3) is 0.750. The van der Waals surface area contributed by atoms with Crippen LogP contribution in [0.25, 0.3) is 0 Å². The smallest absolute Gasteiger partial charge is 0.0850 e. The summed E-state index contributed by atoms with van der Waals surface area (Å²) in [5.41, 5.74) is 4.68. The van der Waals surface area contributed by atoms with E-state index in [0.29, 0.717) is 13.0 Å². The minimum absolute atomic E-state index is 0.0324. The van der Waals surface area contributed by atoms with Gasteiger partial charge in [-0.15, -0.1) is 0 Å². The predicted octanol–water partition coefficient (Wildman–Crippen LogP) is 1.44. The van der Waals surface area contributed by atoms with Crippen molar-refractivity contribution < 1.29 is 4.74 Å². The Morgan fingerprint density at radius 3 is 2.61 bits per heavy atom. The minimum Gasteiger partial charge on any atom is -0.377 e. The summed E-state index contributed by atoms with van der Waals surface area (Å²) in [5, 5.41) is 5.13. The van der Waals surface area contributed by atoms with Crippen molar-refractivity contribution in [1.82, 2.24) is 15.2 Å². The second kappa shape index (κ2) is 7.09. The van der Waals surface area contributed by atoms with Gasteiger partial charge in [0.25, 0.3) is 0 Å². The first-order valence-corrected chi connectivity index (χ1v) is 6.65. The number of aromatic nitrogens is 2. The van der Waals surface area contributed by atoms with E-state index in [2.05, 4.69) is 10.5 Å². The van der Waals surface area contributed by atoms with Crippen molar-refractivity contribution in [2.75, 3.05) is 6.61 Å². The Morgan fingerprint density at radius 2 is 2.17 bits per heavy atom. The van der Waals surface area contributed by atoms with Gasteiger partial charge >= 0.3 is 0 Å². The van der Waals surface area contributed by atoms with Crippen molar-refractivity contribution in [2.24, 2.45) is 12.9 Å². The molecule has 0 aliphatic carbocycles. The van der Waals surface area contributed by atoms with E-state index < -0.39 is 0 Å². The number of hydrazine groups is 1. The van der Waals surface area contributed by atoms with Gasteiger partial charge in [0, 0.05) is 13.5 Å². The number of nitrogens with zero attached hydrogens (tertiary/aromatic N) is 2. The highest BCUT2D eigenvalue weighted by Crippen LogP contribution is 2.22. The van der Waals surface area contributed by atoms with Gasteiger partial charge in [-0.1, -0.05) is 18.5 Å². The molecular weight excluding hydrogens is 252 g/mol. The molecule has 1 rings (SSSR count). The lowest BCUT2D eigenvalue weighted by atomic mass is 10.1. The summed E-state index contributed by atoms with van der Waals surface area (Å²) in [7, 11) is 1.90. The third-order valence-electron chi connectivity index (χ3n) is 2.81. The van der Waals surface area contributed by atoms with E-state index in [-0.39, 0.29) is 12.1 Å². The zero-order chi connectivity index (χ0) is 13.7. The first-order valence-electron chi connectivity index (χ1n) is 6.27. The molecule has 0 aliphatic rings. The van der Waals surface area contributed by atoms with Crippen LogP contribution in [0.5, 0.6) is 0 Å². The average Bonchev–Trinajstić information content (AvgIpc) is 2.60. The highest BCUT2D eigenvalue weighted by atomic mass is 35.5. The number of hydrogen-bond donors (Lipinski definition) is 2. The molecule has 0 bridgehead atoms. The van der Waals surface area contributed by atoms with Gasteiger partial charge in [-0.3, -0.25) is 16.0 Å². The van der Waals surface area contributed by atoms with Gasteiger partial charge in [0.15, 0.2) is 0 Å². The van der Waals surface area contributed by atoms with Crippen molar-refractivity contribution in [2.45, 2.75) is 45.8 Å². The van der Waals surface area contributed by atoms with E-state index in [4.69, 9.17) is 22.2 Å². The van der Waals surface area contributed by atoms with E-state index in [1.807, 2.05) is 32.5 Å². The number of rotatable bonds is 7. The highest BCUT2D eigenvalue weighted by molar-refractivity contribution is 6.31.